The highest BCUT2D eigenvalue weighted by molar-refractivity contribution is 5.92. The minimum Gasteiger partial charge on any atom is -0.456 e. The van der Waals surface area contributed by atoms with Crippen LogP contribution >= 0.6 is 0 Å². The molecule has 0 fully saturated rings. The first-order valence-corrected chi connectivity index (χ1v) is 11.9. The molecule has 0 aliphatic heterocycles. The smallest absolute Gasteiger partial charge is 0.138 e. The van der Waals surface area contributed by atoms with Crippen molar-refractivity contribution in [1.29, 1.82) is 0 Å². The molecule has 0 radical (unpaired) electrons. The number of hydrogen-bond acceptors (Lipinski definition) is 2. The lowest BCUT2D eigenvalue weighted by molar-refractivity contribution is 0.629. The van der Waals surface area contributed by atoms with E-state index in [1.165, 1.54) is 33.4 Å². The molecule has 0 saturated carbocycles. The molecule has 0 aliphatic rings. The van der Waals surface area contributed by atoms with Gasteiger partial charge >= 0.3 is 0 Å². The van der Waals surface area contributed by atoms with E-state index in [1.54, 1.807) is 0 Å². The number of benzene rings is 4. The predicted molar refractivity (Wildman–Crippen MR) is 145 cm³/mol. The molecule has 6 aromatic rings. The van der Waals surface area contributed by atoms with E-state index in [1.807, 2.05) is 30.5 Å². The van der Waals surface area contributed by atoms with Crippen LogP contribution in [0.1, 0.15) is 11.1 Å². The van der Waals surface area contributed by atoms with Crippen molar-refractivity contribution in [3.8, 4) is 44.8 Å². The van der Waals surface area contributed by atoms with E-state index in [2.05, 4.69) is 104 Å². The van der Waals surface area contributed by atoms with E-state index in [-0.39, 0.29) is 0 Å². The van der Waals surface area contributed by atoms with Gasteiger partial charge in [-0.25, -0.2) is 0 Å². The zero-order valence-electron chi connectivity index (χ0n) is 19.8. The molecule has 0 N–H and O–H groups in total. The molecule has 6 rings (SSSR count). The minimum atomic E-state index is 0.913. The lowest BCUT2D eigenvalue weighted by atomic mass is 9.95. The van der Waals surface area contributed by atoms with E-state index in [9.17, 15) is 0 Å². The Morgan fingerprint density at radius 2 is 1.29 bits per heavy atom. The topological polar surface area (TPSA) is 26.0 Å². The molecule has 0 atom stereocenters. The molecule has 2 heterocycles. The molecule has 2 aromatic heterocycles. The van der Waals surface area contributed by atoms with E-state index in [0.29, 0.717) is 0 Å². The van der Waals surface area contributed by atoms with Gasteiger partial charge in [-0.05, 0) is 72.0 Å². The third-order valence-electron chi connectivity index (χ3n) is 6.68. The average Bonchev–Trinajstić information content (AvgIpc) is 3.25. The Labute approximate surface area is 205 Å². The summed E-state index contributed by atoms with van der Waals surface area (Å²) in [6.45, 7) is 4.30. The maximum Gasteiger partial charge on any atom is 0.138 e. The SMILES string of the molecule is Cc1ccc(-c2cc(-c3ccccc3)ccn2)cc1-c1ccc2oc(-c3ccccc3)c(C)c2c1. The van der Waals surface area contributed by atoms with Gasteiger partial charge in [0.1, 0.15) is 11.3 Å². The summed E-state index contributed by atoms with van der Waals surface area (Å²) in [6.07, 6.45) is 1.89. The maximum absolute atomic E-state index is 6.24. The van der Waals surface area contributed by atoms with Gasteiger partial charge in [0.2, 0.25) is 0 Å². The fraction of sp³-hybridized carbons (Fsp3) is 0.0606. The normalized spacial score (nSPS) is 11.1. The molecule has 2 heteroatoms. The summed E-state index contributed by atoms with van der Waals surface area (Å²) in [4.78, 5) is 4.69. The van der Waals surface area contributed by atoms with Gasteiger partial charge in [-0.15, -0.1) is 0 Å². The van der Waals surface area contributed by atoms with Crippen molar-refractivity contribution in [2.24, 2.45) is 0 Å². The third-order valence-corrected chi connectivity index (χ3v) is 6.68. The number of nitrogens with zero attached hydrogens (tertiary/aromatic N) is 1. The van der Waals surface area contributed by atoms with Crippen LogP contribution in [0.3, 0.4) is 0 Å². The molecular weight excluding hydrogens is 426 g/mol. The summed E-state index contributed by atoms with van der Waals surface area (Å²) in [6, 6.07) is 38.1. The van der Waals surface area contributed by atoms with Crippen LogP contribution in [0.4, 0.5) is 0 Å². The van der Waals surface area contributed by atoms with Crippen LogP contribution in [0.2, 0.25) is 0 Å². The van der Waals surface area contributed by atoms with Crippen molar-refractivity contribution < 1.29 is 4.42 Å². The predicted octanol–water partition coefficient (Wildman–Crippen LogP) is 9.11. The zero-order chi connectivity index (χ0) is 23.8. The van der Waals surface area contributed by atoms with E-state index in [4.69, 9.17) is 4.42 Å². The van der Waals surface area contributed by atoms with E-state index < -0.39 is 0 Å². The van der Waals surface area contributed by atoms with Gasteiger partial charge in [-0.3, -0.25) is 4.98 Å². The van der Waals surface area contributed by atoms with Crippen LogP contribution in [-0.2, 0) is 0 Å². The number of furan rings is 1. The average molecular weight is 452 g/mol. The molecular formula is C33H25NO. The van der Waals surface area contributed by atoms with Gasteiger partial charge in [0.25, 0.3) is 0 Å². The largest absolute Gasteiger partial charge is 0.456 e. The molecule has 0 bridgehead atoms. The molecule has 2 nitrogen and oxygen atoms in total. The van der Waals surface area contributed by atoms with Crippen LogP contribution in [0.15, 0.2) is 120 Å². The monoisotopic (exact) mass is 451 g/mol. The van der Waals surface area contributed by atoms with E-state index >= 15 is 0 Å². The van der Waals surface area contributed by atoms with Crippen LogP contribution in [0.5, 0.6) is 0 Å². The summed E-state index contributed by atoms with van der Waals surface area (Å²) >= 11 is 0. The lowest BCUT2D eigenvalue weighted by Gasteiger charge is -2.11. The van der Waals surface area contributed by atoms with Crippen molar-refractivity contribution >= 4 is 11.0 Å². The highest BCUT2D eigenvalue weighted by atomic mass is 16.3. The van der Waals surface area contributed by atoms with Gasteiger partial charge in [0.15, 0.2) is 0 Å². The second-order valence-corrected chi connectivity index (χ2v) is 8.96. The van der Waals surface area contributed by atoms with E-state index in [0.717, 1.165) is 33.6 Å². The summed E-state index contributed by atoms with van der Waals surface area (Å²) in [5, 5.41) is 1.15. The number of rotatable bonds is 4. The third kappa shape index (κ3) is 3.94. The maximum atomic E-state index is 6.24. The first kappa shape index (κ1) is 21.1. The van der Waals surface area contributed by atoms with Gasteiger partial charge in [0.05, 0.1) is 5.69 Å². The van der Waals surface area contributed by atoms with Crippen LogP contribution in [0.25, 0.3) is 55.8 Å². The summed E-state index contributed by atoms with van der Waals surface area (Å²) in [5.41, 5.74) is 11.2. The Kier molecular flexibility index (Phi) is 5.27. The second-order valence-electron chi connectivity index (χ2n) is 8.96. The Balaban J connectivity index is 1.42. The highest BCUT2D eigenvalue weighted by Gasteiger charge is 2.14. The first-order chi connectivity index (χ1) is 17.2. The minimum absolute atomic E-state index is 0.913. The Bertz CT molecular complexity index is 1650. The number of hydrogen-bond donors (Lipinski definition) is 0. The first-order valence-electron chi connectivity index (χ1n) is 11.9. The molecule has 0 spiro atoms. The van der Waals surface area contributed by atoms with Crippen LogP contribution in [0, 0.1) is 13.8 Å². The molecule has 0 unspecified atom stereocenters. The fourth-order valence-electron chi connectivity index (χ4n) is 4.74. The quantitative estimate of drug-likeness (QED) is 0.267. The van der Waals surface area contributed by atoms with Crippen molar-refractivity contribution in [1.82, 2.24) is 4.98 Å². The highest BCUT2D eigenvalue weighted by Crippen LogP contribution is 2.37. The number of aromatic nitrogens is 1. The van der Waals surface area contributed by atoms with Gasteiger partial charge < -0.3 is 4.42 Å². The lowest BCUT2D eigenvalue weighted by Crippen LogP contribution is -1.89. The molecule has 0 saturated heterocycles. The summed E-state index contributed by atoms with van der Waals surface area (Å²) in [7, 11) is 0. The van der Waals surface area contributed by atoms with Crippen LogP contribution < -0.4 is 0 Å². The number of fused-ring (bicyclic) bond motifs is 1. The van der Waals surface area contributed by atoms with Crippen molar-refractivity contribution in [2.45, 2.75) is 13.8 Å². The molecule has 4 aromatic carbocycles. The fourth-order valence-corrected chi connectivity index (χ4v) is 4.74. The van der Waals surface area contributed by atoms with Crippen molar-refractivity contribution in [3.05, 3.63) is 127 Å². The van der Waals surface area contributed by atoms with Gasteiger partial charge in [-0.1, -0.05) is 78.9 Å². The summed E-state index contributed by atoms with van der Waals surface area (Å²) in [5.74, 6) is 0.935. The summed E-state index contributed by atoms with van der Waals surface area (Å²) < 4.78 is 6.24. The molecule has 168 valence electrons. The van der Waals surface area contributed by atoms with Crippen molar-refractivity contribution in [2.75, 3.05) is 0 Å². The molecule has 35 heavy (non-hydrogen) atoms. The Morgan fingerprint density at radius 1 is 0.571 bits per heavy atom. The van der Waals surface area contributed by atoms with Gasteiger partial charge in [0, 0.05) is 28.3 Å². The Hall–Kier alpha value is -4.43. The second kappa shape index (κ2) is 8.73. The number of pyridine rings is 1. The van der Waals surface area contributed by atoms with Crippen molar-refractivity contribution in [3.63, 3.8) is 0 Å². The standard InChI is InChI=1S/C33H25NO/c1-22-13-14-28(31-21-26(17-18-34-31)24-9-5-3-6-10-24)20-29(22)27-15-16-32-30(19-27)23(2)33(35-32)25-11-7-4-8-12-25/h3-21H,1-2H3. The number of aryl methyl sites for hydroxylation is 2. The Morgan fingerprint density at radius 3 is 2.06 bits per heavy atom. The van der Waals surface area contributed by atoms with Gasteiger partial charge in [-0.2, -0.15) is 0 Å². The zero-order valence-corrected chi connectivity index (χ0v) is 19.8. The molecule has 0 amide bonds. The molecule has 0 aliphatic carbocycles. The van der Waals surface area contributed by atoms with Crippen LogP contribution in [-0.4, -0.2) is 4.98 Å².